The monoisotopic (exact) mass is 393 g/mol. The molecular weight excluding hydrogens is 358 g/mol. The molecule has 1 aromatic heterocycles. The number of aliphatic imine (C=N–C) groups is 1. The van der Waals surface area contributed by atoms with E-state index < -0.39 is 5.60 Å². The molecule has 1 saturated heterocycles. The number of aromatic nitrogens is 3. The van der Waals surface area contributed by atoms with Gasteiger partial charge in [-0.2, -0.15) is 0 Å². The summed E-state index contributed by atoms with van der Waals surface area (Å²) in [5.41, 5.74) is -0.848. The minimum absolute atomic E-state index is 0.425. The molecule has 2 aliphatic heterocycles. The fraction of sp³-hybridized carbons (Fsp3) is 0.842. The zero-order chi connectivity index (χ0) is 19.8. The largest absolute Gasteiger partial charge is 0.387 e. The van der Waals surface area contributed by atoms with Crippen molar-refractivity contribution in [1.29, 1.82) is 0 Å². The van der Waals surface area contributed by atoms with Gasteiger partial charge in [0.05, 0.1) is 18.8 Å². The Morgan fingerprint density at radius 3 is 2.79 bits per heavy atom. The molecule has 0 saturated carbocycles. The molecule has 9 heteroatoms. The highest BCUT2D eigenvalue weighted by atomic mass is 16.5. The molecule has 1 fully saturated rings. The third kappa shape index (κ3) is 6.15. The highest BCUT2D eigenvalue weighted by molar-refractivity contribution is 5.79. The van der Waals surface area contributed by atoms with Crippen molar-refractivity contribution < 1.29 is 9.84 Å². The first-order valence-corrected chi connectivity index (χ1v) is 10.5. The Bertz CT molecular complexity index is 638. The number of β-amino-alcohol motifs (C(OH)–C–C–N with tert-alkyl or cyclic N) is 1. The fourth-order valence-corrected chi connectivity index (χ4v) is 3.72. The zero-order valence-electron chi connectivity index (χ0n) is 17.3. The number of hydrogen-bond acceptors (Lipinski definition) is 6. The molecule has 2 aliphatic rings. The van der Waals surface area contributed by atoms with Crippen molar-refractivity contribution in [3.63, 3.8) is 0 Å². The molecule has 0 aromatic carbocycles. The van der Waals surface area contributed by atoms with E-state index in [4.69, 9.17) is 4.74 Å². The van der Waals surface area contributed by atoms with Crippen LogP contribution in [0, 0.1) is 0 Å². The molecule has 3 N–H and O–H groups in total. The van der Waals surface area contributed by atoms with Crippen LogP contribution < -0.4 is 10.6 Å². The van der Waals surface area contributed by atoms with Gasteiger partial charge in [-0.05, 0) is 26.7 Å². The van der Waals surface area contributed by atoms with Crippen LogP contribution in [-0.4, -0.2) is 82.3 Å². The number of hydrogen-bond donors (Lipinski definition) is 3. The summed E-state index contributed by atoms with van der Waals surface area (Å²) in [6, 6.07) is 0. The Hall–Kier alpha value is -1.71. The van der Waals surface area contributed by atoms with E-state index in [2.05, 4.69) is 35.3 Å². The minimum atomic E-state index is -0.848. The van der Waals surface area contributed by atoms with Crippen LogP contribution in [0.2, 0.25) is 0 Å². The molecule has 1 unspecified atom stereocenters. The number of morpholine rings is 1. The van der Waals surface area contributed by atoms with Crippen molar-refractivity contribution in [2.24, 2.45) is 4.99 Å². The quantitative estimate of drug-likeness (QED) is 0.448. The Morgan fingerprint density at radius 1 is 1.18 bits per heavy atom. The van der Waals surface area contributed by atoms with E-state index in [9.17, 15) is 5.11 Å². The number of ether oxygens (including phenoxy) is 1. The molecule has 3 heterocycles. The average Bonchev–Trinajstić information content (AvgIpc) is 2.91. The minimum Gasteiger partial charge on any atom is -0.387 e. The summed E-state index contributed by atoms with van der Waals surface area (Å²) in [5.74, 6) is 2.68. The Balaban J connectivity index is 1.56. The van der Waals surface area contributed by atoms with Crippen LogP contribution in [-0.2, 0) is 24.2 Å². The number of nitrogens with zero attached hydrogens (tertiary/aromatic N) is 5. The number of fused-ring (bicyclic) bond motifs is 1. The third-order valence-corrected chi connectivity index (χ3v) is 5.21. The zero-order valence-corrected chi connectivity index (χ0v) is 17.3. The van der Waals surface area contributed by atoms with Crippen LogP contribution in [0.3, 0.4) is 0 Å². The number of nitrogens with one attached hydrogen (secondary N) is 2. The number of aryl methyl sites for hydroxylation is 1. The lowest BCUT2D eigenvalue weighted by atomic mass is 10.1. The van der Waals surface area contributed by atoms with Crippen LogP contribution in [0.25, 0.3) is 0 Å². The summed E-state index contributed by atoms with van der Waals surface area (Å²) < 4.78 is 7.59. The molecule has 158 valence electrons. The van der Waals surface area contributed by atoms with Gasteiger partial charge in [0.25, 0.3) is 0 Å². The first kappa shape index (κ1) is 21.0. The topological polar surface area (TPSA) is 99.8 Å². The predicted molar refractivity (Wildman–Crippen MR) is 108 cm³/mol. The smallest absolute Gasteiger partial charge is 0.191 e. The molecule has 1 atom stereocenters. The van der Waals surface area contributed by atoms with E-state index in [0.29, 0.717) is 25.6 Å². The molecule has 0 bridgehead atoms. The van der Waals surface area contributed by atoms with Crippen molar-refractivity contribution in [3.05, 3.63) is 11.6 Å². The van der Waals surface area contributed by atoms with Crippen LogP contribution in [0.4, 0.5) is 0 Å². The van der Waals surface area contributed by atoms with Gasteiger partial charge in [0.15, 0.2) is 11.8 Å². The average molecular weight is 394 g/mol. The molecule has 0 aliphatic carbocycles. The first-order chi connectivity index (χ1) is 13.6. The number of aliphatic hydroxyl groups is 1. The second-order valence-electron chi connectivity index (χ2n) is 7.93. The molecule has 3 rings (SSSR count). The lowest BCUT2D eigenvalue weighted by Gasteiger charge is -2.34. The van der Waals surface area contributed by atoms with Crippen molar-refractivity contribution in [2.45, 2.75) is 58.2 Å². The van der Waals surface area contributed by atoms with E-state index in [0.717, 1.165) is 57.5 Å². The van der Waals surface area contributed by atoms with Gasteiger partial charge in [-0.25, -0.2) is 4.99 Å². The number of guanidine groups is 1. The van der Waals surface area contributed by atoms with E-state index in [-0.39, 0.29) is 0 Å². The first-order valence-electron chi connectivity index (χ1n) is 10.5. The second-order valence-corrected chi connectivity index (χ2v) is 7.93. The van der Waals surface area contributed by atoms with Crippen LogP contribution >= 0.6 is 0 Å². The summed E-state index contributed by atoms with van der Waals surface area (Å²) in [4.78, 5) is 6.91. The summed E-state index contributed by atoms with van der Waals surface area (Å²) in [5, 5.41) is 26.0. The van der Waals surface area contributed by atoms with Crippen LogP contribution in [0.1, 0.15) is 44.8 Å². The molecule has 1 aromatic rings. The lowest BCUT2D eigenvalue weighted by Crippen LogP contribution is -2.53. The summed E-state index contributed by atoms with van der Waals surface area (Å²) >= 11 is 0. The van der Waals surface area contributed by atoms with Gasteiger partial charge in [0.1, 0.15) is 12.4 Å². The van der Waals surface area contributed by atoms with Crippen molar-refractivity contribution >= 4 is 5.96 Å². The van der Waals surface area contributed by atoms with Gasteiger partial charge in [-0.3, -0.25) is 4.90 Å². The van der Waals surface area contributed by atoms with Crippen molar-refractivity contribution in [2.75, 3.05) is 45.9 Å². The Labute approximate surface area is 167 Å². The van der Waals surface area contributed by atoms with Gasteiger partial charge < -0.3 is 25.0 Å². The van der Waals surface area contributed by atoms with Gasteiger partial charge >= 0.3 is 0 Å². The van der Waals surface area contributed by atoms with E-state index in [1.54, 1.807) is 0 Å². The Morgan fingerprint density at radius 2 is 2.00 bits per heavy atom. The van der Waals surface area contributed by atoms with E-state index in [1.807, 2.05) is 13.8 Å². The maximum atomic E-state index is 10.8. The molecule has 0 spiro atoms. The normalized spacial score (nSPS) is 20.9. The number of rotatable bonds is 7. The molecule has 0 radical (unpaired) electrons. The molecular formula is C19H35N7O2. The third-order valence-electron chi connectivity index (χ3n) is 5.21. The molecule has 9 nitrogen and oxygen atoms in total. The van der Waals surface area contributed by atoms with Gasteiger partial charge in [0, 0.05) is 45.7 Å². The second kappa shape index (κ2) is 10.2. The SMILES string of the molecule is CCNC(=NCc1nnc2n1CCCCC2)NCC(C)(O)CN1CCOCC1. The van der Waals surface area contributed by atoms with Crippen molar-refractivity contribution in [1.82, 2.24) is 30.3 Å². The van der Waals surface area contributed by atoms with Gasteiger partial charge in [0.2, 0.25) is 0 Å². The maximum Gasteiger partial charge on any atom is 0.191 e. The lowest BCUT2D eigenvalue weighted by molar-refractivity contribution is -0.0201. The van der Waals surface area contributed by atoms with E-state index in [1.165, 1.54) is 19.3 Å². The van der Waals surface area contributed by atoms with Gasteiger partial charge in [-0.15, -0.1) is 10.2 Å². The van der Waals surface area contributed by atoms with Crippen LogP contribution in [0.15, 0.2) is 4.99 Å². The summed E-state index contributed by atoms with van der Waals surface area (Å²) in [6.45, 7) is 10.3. The molecule has 0 amide bonds. The van der Waals surface area contributed by atoms with Gasteiger partial charge in [-0.1, -0.05) is 6.42 Å². The van der Waals surface area contributed by atoms with E-state index >= 15 is 0 Å². The fourth-order valence-electron chi connectivity index (χ4n) is 3.72. The Kier molecular flexibility index (Phi) is 7.64. The summed E-state index contributed by atoms with van der Waals surface area (Å²) in [6.07, 6.45) is 4.60. The summed E-state index contributed by atoms with van der Waals surface area (Å²) in [7, 11) is 0. The standard InChI is InChI=1S/C19H35N7O2/c1-3-20-18(22-14-19(2,27)15-25-9-11-28-12-10-25)21-13-17-24-23-16-7-5-4-6-8-26(16)17/h27H,3-15H2,1-2H3,(H2,20,21,22). The van der Waals surface area contributed by atoms with Crippen molar-refractivity contribution in [3.8, 4) is 0 Å². The van der Waals surface area contributed by atoms with Crippen LogP contribution in [0.5, 0.6) is 0 Å². The predicted octanol–water partition coefficient (Wildman–Crippen LogP) is 0.143. The highest BCUT2D eigenvalue weighted by Gasteiger charge is 2.25. The highest BCUT2D eigenvalue weighted by Crippen LogP contribution is 2.15. The maximum absolute atomic E-state index is 10.8. The molecule has 28 heavy (non-hydrogen) atoms.